The molecule has 0 aliphatic rings. The fourth-order valence-corrected chi connectivity index (χ4v) is 2.02. The van der Waals surface area contributed by atoms with Gasteiger partial charge < -0.3 is 5.11 Å². The first-order valence-corrected chi connectivity index (χ1v) is 5.77. The third kappa shape index (κ3) is 3.05. The van der Waals surface area contributed by atoms with E-state index < -0.39 is 18.3 Å². The number of carboxylic acids is 1. The van der Waals surface area contributed by atoms with Crippen LogP contribution in [0.1, 0.15) is 5.56 Å². The van der Waals surface area contributed by atoms with Crippen LogP contribution >= 0.6 is 11.8 Å². The van der Waals surface area contributed by atoms with Gasteiger partial charge in [0.15, 0.2) is 0 Å². The summed E-state index contributed by atoms with van der Waals surface area (Å²) in [6.07, 6.45) is 0. The van der Waals surface area contributed by atoms with E-state index in [9.17, 15) is 9.18 Å². The van der Waals surface area contributed by atoms with E-state index in [4.69, 9.17) is 10.4 Å². The molecule has 1 N–H and O–H groups in total. The predicted octanol–water partition coefficient (Wildman–Crippen LogP) is 0.920. The topological polar surface area (TPSA) is 105 Å². The van der Waals surface area contributed by atoms with Gasteiger partial charge in [-0.25, -0.2) is 9.07 Å². The van der Waals surface area contributed by atoms with Gasteiger partial charge in [-0.1, -0.05) is 0 Å². The number of carboxylic acid groups (broad SMARTS) is 1. The van der Waals surface area contributed by atoms with Gasteiger partial charge >= 0.3 is 5.97 Å². The number of hydrogen-bond donors (Lipinski definition) is 1. The molecule has 1 aromatic carbocycles. The number of aromatic nitrogens is 4. The first kappa shape index (κ1) is 13.0. The van der Waals surface area contributed by atoms with E-state index in [1.54, 1.807) is 0 Å². The summed E-state index contributed by atoms with van der Waals surface area (Å²) in [5.74, 6) is -1.69. The lowest BCUT2D eigenvalue weighted by molar-refractivity contribution is -0.138. The van der Waals surface area contributed by atoms with Crippen molar-refractivity contribution in [3.63, 3.8) is 0 Å². The Morgan fingerprint density at radius 2 is 2.37 bits per heavy atom. The molecule has 96 valence electrons. The molecule has 19 heavy (non-hydrogen) atoms. The van der Waals surface area contributed by atoms with Gasteiger partial charge in [0, 0.05) is 0 Å². The smallest absolute Gasteiger partial charge is 0.325 e. The summed E-state index contributed by atoms with van der Waals surface area (Å²) >= 11 is 0.888. The van der Waals surface area contributed by atoms with Gasteiger partial charge in [-0.2, -0.15) is 5.26 Å². The number of nitrogens with zero attached hydrogens (tertiary/aromatic N) is 5. The number of nitriles is 1. The Morgan fingerprint density at radius 1 is 1.58 bits per heavy atom. The molecule has 9 heteroatoms. The maximum Gasteiger partial charge on any atom is 0.325 e. The molecule has 1 aromatic heterocycles. The number of benzene rings is 1. The maximum atomic E-state index is 13.7. The summed E-state index contributed by atoms with van der Waals surface area (Å²) in [5, 5.41) is 27.9. The Labute approximate surface area is 110 Å². The quantitative estimate of drug-likeness (QED) is 0.887. The van der Waals surface area contributed by atoms with Gasteiger partial charge in [0.2, 0.25) is 5.16 Å². The first-order chi connectivity index (χ1) is 9.10. The summed E-state index contributed by atoms with van der Waals surface area (Å²) in [7, 11) is 0. The molecule has 7 nitrogen and oxygen atoms in total. The number of hydrogen-bond acceptors (Lipinski definition) is 6. The molecule has 0 saturated heterocycles. The zero-order valence-electron chi connectivity index (χ0n) is 9.32. The summed E-state index contributed by atoms with van der Waals surface area (Å²) in [6, 6.07) is 5.78. The fourth-order valence-electron chi connectivity index (χ4n) is 1.25. The Hall–Kier alpha value is -2.47. The zero-order valence-corrected chi connectivity index (χ0v) is 10.1. The van der Waals surface area contributed by atoms with Crippen molar-refractivity contribution in [1.29, 1.82) is 5.26 Å². The van der Waals surface area contributed by atoms with E-state index in [1.807, 2.05) is 6.07 Å². The fraction of sp³-hybridized carbons (Fsp3) is 0.100. The van der Waals surface area contributed by atoms with Crippen LogP contribution in [0.15, 0.2) is 28.3 Å². The molecule has 0 saturated carbocycles. The second-order valence-corrected chi connectivity index (χ2v) is 4.38. The Bertz CT molecular complexity index is 666. The van der Waals surface area contributed by atoms with E-state index in [2.05, 4.69) is 15.5 Å². The summed E-state index contributed by atoms with van der Waals surface area (Å²) < 4.78 is 14.7. The third-order valence-electron chi connectivity index (χ3n) is 2.05. The van der Waals surface area contributed by atoms with Gasteiger partial charge in [0.1, 0.15) is 12.4 Å². The van der Waals surface area contributed by atoms with E-state index >= 15 is 0 Å². The number of aliphatic carboxylic acids is 1. The standard InChI is InChI=1S/C10H6FN5O2S/c11-7-3-6(4-12)1-2-8(7)19-10-13-14-15-16(10)5-9(17)18/h1-3H,5H2,(H,17,18). The largest absolute Gasteiger partial charge is 0.480 e. The highest BCUT2D eigenvalue weighted by Crippen LogP contribution is 2.28. The van der Waals surface area contributed by atoms with E-state index in [1.165, 1.54) is 12.1 Å². The molecule has 0 unspecified atom stereocenters. The molecule has 1 heterocycles. The highest BCUT2D eigenvalue weighted by molar-refractivity contribution is 7.99. The second kappa shape index (κ2) is 5.45. The SMILES string of the molecule is N#Cc1ccc(Sc2nnnn2CC(=O)O)c(F)c1. The summed E-state index contributed by atoms with van der Waals surface area (Å²) in [4.78, 5) is 10.8. The molecule has 0 aliphatic carbocycles. The first-order valence-electron chi connectivity index (χ1n) is 4.95. The van der Waals surface area contributed by atoms with Crippen LogP contribution < -0.4 is 0 Å². The monoisotopic (exact) mass is 279 g/mol. The normalized spacial score (nSPS) is 10.1. The van der Waals surface area contributed by atoms with Crippen LogP contribution in [-0.2, 0) is 11.3 Å². The molecule has 0 atom stereocenters. The second-order valence-electron chi connectivity index (χ2n) is 3.37. The summed E-state index contributed by atoms with van der Waals surface area (Å²) in [6.45, 7) is -0.409. The summed E-state index contributed by atoms with van der Waals surface area (Å²) in [5.41, 5.74) is 0.201. The molecular formula is C10H6FN5O2S. The lowest BCUT2D eigenvalue weighted by Crippen LogP contribution is -2.11. The van der Waals surface area contributed by atoms with Gasteiger partial charge in [-0.3, -0.25) is 4.79 Å². The van der Waals surface area contributed by atoms with Crippen molar-refractivity contribution in [2.24, 2.45) is 0 Å². The lowest BCUT2D eigenvalue weighted by Gasteiger charge is -2.02. The van der Waals surface area contributed by atoms with Crippen LogP contribution in [0.3, 0.4) is 0 Å². The van der Waals surface area contributed by atoms with Gasteiger partial charge in [0.25, 0.3) is 0 Å². The van der Waals surface area contributed by atoms with Gasteiger partial charge in [0.05, 0.1) is 16.5 Å². The Balaban J connectivity index is 2.24. The zero-order chi connectivity index (χ0) is 13.8. The molecule has 0 spiro atoms. The van der Waals surface area contributed by atoms with Crippen LogP contribution in [0.4, 0.5) is 4.39 Å². The number of tetrazole rings is 1. The van der Waals surface area contributed by atoms with Crippen molar-refractivity contribution in [1.82, 2.24) is 20.2 Å². The van der Waals surface area contributed by atoms with E-state index in [0.29, 0.717) is 0 Å². The minimum Gasteiger partial charge on any atom is -0.480 e. The molecule has 0 bridgehead atoms. The molecule has 0 aliphatic heterocycles. The molecule has 0 fully saturated rings. The van der Waals surface area contributed by atoms with Crippen LogP contribution in [0.5, 0.6) is 0 Å². The van der Waals surface area contributed by atoms with Crippen molar-refractivity contribution in [3.8, 4) is 6.07 Å². The minimum atomic E-state index is -1.10. The van der Waals surface area contributed by atoms with E-state index in [0.717, 1.165) is 22.5 Å². The maximum absolute atomic E-state index is 13.7. The van der Waals surface area contributed by atoms with Crippen molar-refractivity contribution in [3.05, 3.63) is 29.6 Å². The molecule has 2 rings (SSSR count). The lowest BCUT2D eigenvalue weighted by atomic mass is 10.2. The predicted molar refractivity (Wildman–Crippen MR) is 60.7 cm³/mol. The number of carbonyl (C=O) groups is 1. The number of halogens is 1. The van der Waals surface area contributed by atoms with Crippen molar-refractivity contribution in [2.45, 2.75) is 16.6 Å². The Morgan fingerprint density at radius 3 is 3.00 bits per heavy atom. The van der Waals surface area contributed by atoms with E-state index in [-0.39, 0.29) is 15.6 Å². The van der Waals surface area contributed by atoms with Gasteiger partial charge in [-0.05, 0) is 40.4 Å². The molecule has 2 aromatic rings. The van der Waals surface area contributed by atoms with Crippen molar-refractivity contribution >= 4 is 17.7 Å². The average molecular weight is 279 g/mol. The van der Waals surface area contributed by atoms with Crippen LogP contribution in [-0.4, -0.2) is 31.3 Å². The average Bonchev–Trinajstić information content (AvgIpc) is 2.78. The Kier molecular flexibility index (Phi) is 3.72. The number of rotatable bonds is 4. The van der Waals surface area contributed by atoms with Crippen LogP contribution in [0.25, 0.3) is 0 Å². The highest BCUT2D eigenvalue weighted by atomic mass is 32.2. The molecular weight excluding hydrogens is 273 g/mol. The van der Waals surface area contributed by atoms with Crippen LogP contribution in [0.2, 0.25) is 0 Å². The highest BCUT2D eigenvalue weighted by Gasteiger charge is 2.13. The van der Waals surface area contributed by atoms with Crippen molar-refractivity contribution < 1.29 is 14.3 Å². The van der Waals surface area contributed by atoms with Gasteiger partial charge in [-0.15, -0.1) is 5.10 Å². The molecule has 0 radical (unpaired) electrons. The van der Waals surface area contributed by atoms with Crippen LogP contribution in [0, 0.1) is 17.1 Å². The molecule has 0 amide bonds. The third-order valence-corrected chi connectivity index (χ3v) is 3.07. The minimum absolute atomic E-state index is 0.158. The van der Waals surface area contributed by atoms with Crippen molar-refractivity contribution in [2.75, 3.05) is 0 Å².